The number of carbonyl (C=O) groups is 1. The zero-order valence-corrected chi connectivity index (χ0v) is 16.3. The number of hydrogen-bond acceptors (Lipinski definition) is 5. The van der Waals surface area contributed by atoms with Crippen molar-refractivity contribution >= 4 is 16.7 Å². The summed E-state index contributed by atoms with van der Waals surface area (Å²) < 4.78 is 14.4. The number of piperidine rings is 1. The highest BCUT2D eigenvalue weighted by molar-refractivity contribution is 5.98. The van der Waals surface area contributed by atoms with Gasteiger partial charge in [0.1, 0.15) is 0 Å². The second kappa shape index (κ2) is 8.23. The van der Waals surface area contributed by atoms with E-state index < -0.39 is 17.3 Å². The number of fused-ring (bicyclic) bond motifs is 1. The number of phenolic OH excluding ortho intramolecular Hbond substituents is 1. The highest BCUT2D eigenvalue weighted by Gasteiger charge is 2.26. The van der Waals surface area contributed by atoms with Gasteiger partial charge in [0.15, 0.2) is 17.3 Å². The predicted molar refractivity (Wildman–Crippen MR) is 110 cm³/mol. The zero-order valence-electron chi connectivity index (χ0n) is 16.3. The fourth-order valence-electron chi connectivity index (χ4n) is 3.96. The van der Waals surface area contributed by atoms with E-state index in [4.69, 9.17) is 0 Å². The normalized spacial score (nSPS) is 15.5. The Balaban J connectivity index is 1.38. The minimum absolute atomic E-state index is 0.104. The molecule has 1 aliphatic heterocycles. The lowest BCUT2D eigenvalue weighted by Gasteiger charge is -2.31. The molecule has 0 atom stereocenters. The van der Waals surface area contributed by atoms with Crippen molar-refractivity contribution in [2.75, 3.05) is 19.6 Å². The second-order valence-electron chi connectivity index (χ2n) is 7.58. The third-order valence-corrected chi connectivity index (χ3v) is 5.72. The first-order valence-electron chi connectivity index (χ1n) is 9.91. The Bertz CT molecular complexity index is 1210. The summed E-state index contributed by atoms with van der Waals surface area (Å²) in [6, 6.07) is 10.6. The number of benzene rings is 2. The minimum Gasteiger partial charge on any atom is -0.505 e. The van der Waals surface area contributed by atoms with Crippen LogP contribution in [0.25, 0.3) is 10.9 Å². The van der Waals surface area contributed by atoms with E-state index in [1.165, 1.54) is 16.7 Å². The molecular formula is C22H22FN3O4. The summed E-state index contributed by atoms with van der Waals surface area (Å²) in [6.45, 7) is 2.11. The molecule has 7 nitrogen and oxygen atoms in total. The number of phenols is 1. The Morgan fingerprint density at radius 3 is 2.57 bits per heavy atom. The first-order valence-corrected chi connectivity index (χ1v) is 9.91. The maximum absolute atomic E-state index is 13.2. The number of hydrogen-bond donors (Lipinski definition) is 2. The van der Waals surface area contributed by atoms with Crippen LogP contribution in [-0.4, -0.2) is 45.0 Å². The monoisotopic (exact) mass is 411 g/mol. The van der Waals surface area contributed by atoms with Crippen LogP contribution in [0.3, 0.4) is 0 Å². The molecule has 1 saturated heterocycles. The molecule has 0 bridgehead atoms. The molecule has 0 unspecified atom stereocenters. The number of aromatic hydroxyl groups is 1. The summed E-state index contributed by atoms with van der Waals surface area (Å²) in [5.74, 6) is -1.57. The van der Waals surface area contributed by atoms with Gasteiger partial charge in [-0.05, 0) is 56.3 Å². The molecule has 2 heterocycles. The molecule has 2 N–H and O–H groups in total. The Morgan fingerprint density at radius 2 is 1.83 bits per heavy atom. The number of aromatic nitrogens is 2. The van der Waals surface area contributed by atoms with Crippen molar-refractivity contribution in [3.63, 3.8) is 0 Å². The van der Waals surface area contributed by atoms with Crippen molar-refractivity contribution in [1.82, 2.24) is 14.5 Å². The third kappa shape index (κ3) is 3.91. The first-order chi connectivity index (χ1) is 14.4. The highest BCUT2D eigenvalue weighted by atomic mass is 19.1. The zero-order chi connectivity index (χ0) is 21.3. The van der Waals surface area contributed by atoms with E-state index in [1.54, 1.807) is 24.3 Å². The molecule has 2 aromatic carbocycles. The summed E-state index contributed by atoms with van der Waals surface area (Å²) in [6.07, 6.45) is 1.25. The van der Waals surface area contributed by atoms with Crippen LogP contribution >= 0.6 is 0 Å². The number of Topliss-reactive ketones (excluding diaryl/α,β-unsaturated/α-hetero) is 1. The van der Waals surface area contributed by atoms with Crippen LogP contribution in [0.4, 0.5) is 4.39 Å². The molecule has 1 aliphatic rings. The van der Waals surface area contributed by atoms with E-state index >= 15 is 0 Å². The number of aromatic amines is 1. The Hall–Kier alpha value is -3.26. The van der Waals surface area contributed by atoms with Gasteiger partial charge in [0.2, 0.25) is 0 Å². The topological polar surface area (TPSA) is 95.4 Å². The molecule has 3 aromatic rings. The molecule has 30 heavy (non-hydrogen) atoms. The molecule has 8 heteroatoms. The average Bonchev–Trinajstić information content (AvgIpc) is 2.75. The van der Waals surface area contributed by atoms with Crippen molar-refractivity contribution in [2.24, 2.45) is 5.92 Å². The maximum atomic E-state index is 13.2. The van der Waals surface area contributed by atoms with Crippen LogP contribution in [0.15, 0.2) is 52.1 Å². The largest absolute Gasteiger partial charge is 0.505 e. The van der Waals surface area contributed by atoms with Crippen LogP contribution < -0.4 is 11.2 Å². The second-order valence-corrected chi connectivity index (χ2v) is 7.58. The summed E-state index contributed by atoms with van der Waals surface area (Å²) in [7, 11) is 0. The SMILES string of the molecule is O=C(c1ccc(F)c(O)c1)C1CCN(CCn2c(=O)[nH]c3ccccc3c2=O)CC1. The van der Waals surface area contributed by atoms with Gasteiger partial charge in [-0.2, -0.15) is 0 Å². The molecule has 0 saturated carbocycles. The van der Waals surface area contributed by atoms with Gasteiger partial charge in [0.05, 0.1) is 10.9 Å². The van der Waals surface area contributed by atoms with Crippen molar-refractivity contribution in [3.8, 4) is 5.75 Å². The Morgan fingerprint density at radius 1 is 1.10 bits per heavy atom. The number of para-hydroxylation sites is 1. The highest BCUT2D eigenvalue weighted by Crippen LogP contribution is 2.24. The molecule has 0 amide bonds. The lowest BCUT2D eigenvalue weighted by atomic mass is 9.89. The number of rotatable bonds is 5. The standard InChI is InChI=1S/C22H22FN3O4/c23-17-6-5-15(13-19(17)27)20(28)14-7-9-25(10-8-14)11-12-26-21(29)16-3-1-2-4-18(16)24-22(26)30/h1-6,13-14,27H,7-12H2,(H,24,30). The average molecular weight is 411 g/mol. The van der Waals surface area contributed by atoms with Crippen LogP contribution in [0.5, 0.6) is 5.75 Å². The van der Waals surface area contributed by atoms with Gasteiger partial charge in [-0.1, -0.05) is 12.1 Å². The Labute approximate surface area is 171 Å². The van der Waals surface area contributed by atoms with Crippen LogP contribution in [0.1, 0.15) is 23.2 Å². The molecule has 0 aliphatic carbocycles. The van der Waals surface area contributed by atoms with Crippen LogP contribution in [0.2, 0.25) is 0 Å². The number of nitrogens with one attached hydrogen (secondary N) is 1. The van der Waals surface area contributed by atoms with E-state index in [0.717, 1.165) is 6.07 Å². The number of carbonyl (C=O) groups excluding carboxylic acids is 1. The summed E-state index contributed by atoms with van der Waals surface area (Å²) in [5, 5.41) is 9.96. The molecular weight excluding hydrogens is 389 g/mol. The van der Waals surface area contributed by atoms with Crippen LogP contribution in [-0.2, 0) is 6.54 Å². The van der Waals surface area contributed by atoms with E-state index in [-0.39, 0.29) is 23.8 Å². The van der Waals surface area contributed by atoms with E-state index in [1.807, 2.05) is 0 Å². The van der Waals surface area contributed by atoms with Crippen molar-refractivity contribution in [3.05, 3.63) is 74.7 Å². The molecule has 0 spiro atoms. The molecule has 4 rings (SSSR count). The van der Waals surface area contributed by atoms with E-state index in [2.05, 4.69) is 9.88 Å². The van der Waals surface area contributed by atoms with Gasteiger partial charge in [-0.15, -0.1) is 0 Å². The van der Waals surface area contributed by atoms with Crippen molar-refractivity contribution in [1.29, 1.82) is 0 Å². The lowest BCUT2D eigenvalue weighted by Crippen LogP contribution is -2.42. The number of nitrogens with zero attached hydrogens (tertiary/aromatic N) is 2. The maximum Gasteiger partial charge on any atom is 0.328 e. The fraction of sp³-hybridized carbons (Fsp3) is 0.318. The van der Waals surface area contributed by atoms with Crippen LogP contribution in [0, 0.1) is 11.7 Å². The fourth-order valence-corrected chi connectivity index (χ4v) is 3.96. The van der Waals surface area contributed by atoms with Gasteiger partial charge in [-0.25, -0.2) is 9.18 Å². The number of halogens is 1. The molecule has 0 radical (unpaired) electrons. The summed E-state index contributed by atoms with van der Waals surface area (Å²) >= 11 is 0. The van der Waals surface area contributed by atoms with Gasteiger partial charge in [-0.3, -0.25) is 14.2 Å². The third-order valence-electron chi connectivity index (χ3n) is 5.72. The van der Waals surface area contributed by atoms with Crippen molar-refractivity contribution in [2.45, 2.75) is 19.4 Å². The number of ketones is 1. The first kappa shape index (κ1) is 20.0. The quantitative estimate of drug-likeness (QED) is 0.627. The smallest absolute Gasteiger partial charge is 0.328 e. The molecule has 1 aromatic heterocycles. The number of likely N-dealkylation sites (tertiary alicyclic amines) is 1. The Kier molecular flexibility index (Phi) is 5.50. The van der Waals surface area contributed by atoms with E-state index in [0.29, 0.717) is 48.9 Å². The minimum atomic E-state index is -0.750. The predicted octanol–water partition coefficient (Wildman–Crippen LogP) is 2.13. The van der Waals surface area contributed by atoms with Gasteiger partial charge >= 0.3 is 5.69 Å². The molecule has 1 fully saturated rings. The summed E-state index contributed by atoms with van der Waals surface area (Å²) in [5.41, 5.74) is 0.0897. The molecule has 156 valence electrons. The lowest BCUT2D eigenvalue weighted by molar-refractivity contribution is 0.0836. The summed E-state index contributed by atoms with van der Waals surface area (Å²) in [4.78, 5) is 42.3. The van der Waals surface area contributed by atoms with E-state index in [9.17, 15) is 23.9 Å². The van der Waals surface area contributed by atoms with Gasteiger partial charge in [0.25, 0.3) is 5.56 Å². The number of H-pyrrole nitrogens is 1. The van der Waals surface area contributed by atoms with Gasteiger partial charge in [0, 0.05) is 24.6 Å². The van der Waals surface area contributed by atoms with Gasteiger partial charge < -0.3 is 15.0 Å². The van der Waals surface area contributed by atoms with Crippen molar-refractivity contribution < 1.29 is 14.3 Å².